The van der Waals surface area contributed by atoms with Gasteiger partial charge in [0, 0.05) is 38.4 Å². The number of carbonyl (C=O) groups excluding carboxylic acids is 2. The molecule has 5 unspecified atom stereocenters. The van der Waals surface area contributed by atoms with Gasteiger partial charge in [-0.15, -0.1) is 0 Å². The van der Waals surface area contributed by atoms with Gasteiger partial charge in [0.25, 0.3) is 6.47 Å². The van der Waals surface area contributed by atoms with Crippen LogP contribution in [0.15, 0.2) is 0 Å². The predicted molar refractivity (Wildman–Crippen MR) is 133 cm³/mol. The van der Waals surface area contributed by atoms with Crippen molar-refractivity contribution in [2.45, 2.75) is 109 Å². The van der Waals surface area contributed by atoms with Crippen molar-refractivity contribution in [3.63, 3.8) is 0 Å². The third-order valence-corrected chi connectivity index (χ3v) is 11.9. The van der Waals surface area contributed by atoms with Gasteiger partial charge in [-0.05, 0) is 86.4 Å². The molecule has 5 aliphatic rings. The lowest BCUT2D eigenvalue weighted by Gasteiger charge is -2.65. The number of esters is 1. The molecule has 4 aliphatic carbocycles. The first-order valence-corrected chi connectivity index (χ1v) is 14.0. The zero-order valence-corrected chi connectivity index (χ0v) is 22.2. The molecule has 0 aromatic heterocycles. The fourth-order valence-corrected chi connectivity index (χ4v) is 9.87. The summed E-state index contributed by atoms with van der Waals surface area (Å²) in [5, 5.41) is 9.93. The van der Waals surface area contributed by atoms with Crippen LogP contribution in [0.4, 0.5) is 0 Å². The molecule has 0 spiro atoms. The molecule has 36 heavy (non-hydrogen) atoms. The van der Waals surface area contributed by atoms with E-state index in [4.69, 9.17) is 15.2 Å². The highest BCUT2D eigenvalue weighted by Crippen LogP contribution is 2.69. The summed E-state index contributed by atoms with van der Waals surface area (Å²) in [7, 11) is 0. The van der Waals surface area contributed by atoms with Gasteiger partial charge in [-0.3, -0.25) is 19.3 Å². The molecule has 1 aliphatic heterocycles. The van der Waals surface area contributed by atoms with E-state index >= 15 is 0 Å². The molecule has 0 radical (unpaired) electrons. The minimum atomic E-state index is -0.690. The first-order chi connectivity index (χ1) is 17.0. The number of aliphatic carboxylic acids is 1. The number of ether oxygens (including phenoxy) is 2. The minimum absolute atomic E-state index is 0.0960. The summed E-state index contributed by atoms with van der Waals surface area (Å²) in [6.45, 7) is 8.06. The lowest BCUT2D eigenvalue weighted by Crippen LogP contribution is -2.68. The smallest absolute Gasteiger partial charge is 0.307 e. The number of piperidine rings is 1. The van der Waals surface area contributed by atoms with Crippen molar-refractivity contribution in [2.24, 2.45) is 40.2 Å². The van der Waals surface area contributed by atoms with Crippen LogP contribution in [-0.2, 0) is 23.9 Å². The maximum atomic E-state index is 12.1. The van der Waals surface area contributed by atoms with Crippen molar-refractivity contribution in [1.82, 2.24) is 4.90 Å². The van der Waals surface area contributed by atoms with E-state index in [1.807, 2.05) is 0 Å². The second-order valence-corrected chi connectivity index (χ2v) is 13.1. The fraction of sp³-hybridized carbons (Fsp3) is 0.893. The molecular weight excluding hydrogens is 460 g/mol. The summed E-state index contributed by atoms with van der Waals surface area (Å²) < 4.78 is 11.5. The predicted octanol–water partition coefficient (Wildman–Crippen LogP) is 3.71. The van der Waals surface area contributed by atoms with Crippen molar-refractivity contribution in [3.8, 4) is 0 Å². The SMILES string of the molecule is CC(=O)OC1CCCN(C2(OC=O)CC[C@@]3(C)C(CC[C@@H]4[C@@H]3CC[C@]3(C)C(C(=O)O)CCC43N)C2)C1. The Hall–Kier alpha value is -1.67. The average molecular weight is 505 g/mol. The molecule has 202 valence electrons. The number of likely N-dealkylation sites (tertiary alicyclic amines) is 1. The van der Waals surface area contributed by atoms with Gasteiger partial charge in [-0.2, -0.15) is 0 Å². The number of rotatable bonds is 5. The number of carboxylic acids is 1. The Kier molecular flexibility index (Phi) is 6.47. The molecule has 1 heterocycles. The van der Waals surface area contributed by atoms with Crippen LogP contribution in [0.1, 0.15) is 91.4 Å². The minimum Gasteiger partial charge on any atom is -0.481 e. The van der Waals surface area contributed by atoms with Crippen molar-refractivity contribution < 1.29 is 29.0 Å². The van der Waals surface area contributed by atoms with E-state index in [0.29, 0.717) is 37.2 Å². The molecule has 0 bridgehead atoms. The molecule has 8 heteroatoms. The highest BCUT2D eigenvalue weighted by molar-refractivity contribution is 5.72. The molecule has 3 N–H and O–H groups in total. The fourth-order valence-electron chi connectivity index (χ4n) is 9.87. The quantitative estimate of drug-likeness (QED) is 0.430. The van der Waals surface area contributed by atoms with Crippen LogP contribution in [-0.4, -0.2) is 58.9 Å². The van der Waals surface area contributed by atoms with E-state index in [9.17, 15) is 19.5 Å². The van der Waals surface area contributed by atoms with Crippen molar-refractivity contribution >= 4 is 18.4 Å². The van der Waals surface area contributed by atoms with Crippen LogP contribution in [0.5, 0.6) is 0 Å². The molecule has 0 aromatic carbocycles. The van der Waals surface area contributed by atoms with Crippen molar-refractivity contribution in [1.29, 1.82) is 0 Å². The highest BCUT2D eigenvalue weighted by atomic mass is 16.6. The number of fused-ring (bicyclic) bond motifs is 5. The third kappa shape index (κ3) is 3.72. The second-order valence-electron chi connectivity index (χ2n) is 13.1. The number of carboxylic acid groups (broad SMARTS) is 1. The number of hydrogen-bond donors (Lipinski definition) is 2. The molecule has 0 aromatic rings. The Balaban J connectivity index is 1.38. The van der Waals surface area contributed by atoms with Gasteiger partial charge < -0.3 is 20.3 Å². The van der Waals surface area contributed by atoms with E-state index in [1.165, 1.54) is 6.92 Å². The van der Waals surface area contributed by atoms with Gasteiger partial charge >= 0.3 is 11.9 Å². The standard InChI is InChI=1S/C28H44N2O6/c1-18(32)36-20-5-4-14-30(16-20)27(35-17-31)13-12-25(2)19(15-27)6-7-22-21(25)8-10-26(3)23(24(33)34)9-11-28(22,26)29/h17,19-23H,4-16,29H2,1-3H3,(H,33,34)/t19?,20?,21-,22+,23?,25-,26+,27?,28?/m0/s1. The highest BCUT2D eigenvalue weighted by Gasteiger charge is 2.68. The van der Waals surface area contributed by atoms with Crippen LogP contribution in [0.2, 0.25) is 0 Å². The largest absolute Gasteiger partial charge is 0.481 e. The zero-order chi connectivity index (χ0) is 25.9. The van der Waals surface area contributed by atoms with Crippen LogP contribution in [0, 0.1) is 34.5 Å². The topological polar surface area (TPSA) is 119 Å². The van der Waals surface area contributed by atoms with E-state index in [-0.39, 0.29) is 28.8 Å². The first-order valence-electron chi connectivity index (χ1n) is 14.0. The van der Waals surface area contributed by atoms with Gasteiger partial charge in [0.2, 0.25) is 0 Å². The van der Waals surface area contributed by atoms with Gasteiger partial charge in [-0.25, -0.2) is 0 Å². The van der Waals surface area contributed by atoms with Gasteiger partial charge in [-0.1, -0.05) is 13.8 Å². The molecule has 8 nitrogen and oxygen atoms in total. The summed E-state index contributed by atoms with van der Waals surface area (Å²) in [4.78, 5) is 37.7. The van der Waals surface area contributed by atoms with Gasteiger partial charge in [0.15, 0.2) is 5.72 Å². The van der Waals surface area contributed by atoms with Gasteiger partial charge in [0.05, 0.1) is 5.92 Å². The summed E-state index contributed by atoms with van der Waals surface area (Å²) in [6, 6.07) is 0. The van der Waals surface area contributed by atoms with Crippen molar-refractivity contribution in [3.05, 3.63) is 0 Å². The van der Waals surface area contributed by atoms with Crippen LogP contribution < -0.4 is 5.73 Å². The lowest BCUT2D eigenvalue weighted by molar-refractivity contribution is -0.225. The first kappa shape index (κ1) is 26.0. The van der Waals surface area contributed by atoms with E-state index in [1.54, 1.807) is 0 Å². The van der Waals surface area contributed by atoms with Gasteiger partial charge in [0.1, 0.15) is 6.10 Å². The molecule has 0 amide bonds. The maximum Gasteiger partial charge on any atom is 0.307 e. The Bertz CT molecular complexity index is 912. The number of carbonyl (C=O) groups is 3. The zero-order valence-electron chi connectivity index (χ0n) is 22.2. The van der Waals surface area contributed by atoms with E-state index in [2.05, 4.69) is 18.7 Å². The Morgan fingerprint density at radius 2 is 1.81 bits per heavy atom. The number of hydrogen-bond acceptors (Lipinski definition) is 7. The van der Waals surface area contributed by atoms with Crippen LogP contribution in [0.25, 0.3) is 0 Å². The molecule has 9 atom stereocenters. The van der Waals surface area contributed by atoms with Crippen molar-refractivity contribution in [2.75, 3.05) is 13.1 Å². The Morgan fingerprint density at radius 1 is 1.03 bits per heavy atom. The monoisotopic (exact) mass is 504 g/mol. The Morgan fingerprint density at radius 3 is 2.50 bits per heavy atom. The molecule has 4 saturated carbocycles. The normalized spacial score (nSPS) is 48.7. The number of nitrogens with zero attached hydrogens (tertiary/aromatic N) is 1. The molecule has 5 fully saturated rings. The third-order valence-electron chi connectivity index (χ3n) is 11.9. The Labute approximate surface area is 214 Å². The average Bonchev–Trinajstić information content (AvgIpc) is 3.11. The molecule has 5 rings (SSSR count). The summed E-state index contributed by atoms with van der Waals surface area (Å²) in [5.41, 5.74) is 5.93. The lowest BCUT2D eigenvalue weighted by atomic mass is 9.42. The summed E-state index contributed by atoms with van der Waals surface area (Å²) in [6.07, 6.45) is 9.51. The van der Waals surface area contributed by atoms with E-state index in [0.717, 1.165) is 70.8 Å². The molecular formula is C28H44N2O6. The van der Waals surface area contributed by atoms with Crippen LogP contribution in [0.3, 0.4) is 0 Å². The summed E-state index contributed by atoms with van der Waals surface area (Å²) >= 11 is 0. The maximum absolute atomic E-state index is 12.1. The van der Waals surface area contributed by atoms with E-state index < -0.39 is 17.2 Å². The summed E-state index contributed by atoms with van der Waals surface area (Å²) in [5.74, 6) is -0.0932. The van der Waals surface area contributed by atoms with Crippen LogP contribution >= 0.6 is 0 Å². The number of nitrogens with two attached hydrogens (primary N) is 1. The molecule has 1 saturated heterocycles. The second kappa shape index (κ2) is 8.97.